The summed E-state index contributed by atoms with van der Waals surface area (Å²) in [6.45, 7) is 0. The summed E-state index contributed by atoms with van der Waals surface area (Å²) in [6.07, 6.45) is 0. The normalized spacial score (nSPS) is 10.4. The minimum Gasteiger partial charge on any atom is -0.384 e. The lowest BCUT2D eigenvalue weighted by atomic mass is 10.3. The first-order valence-corrected chi connectivity index (χ1v) is 4.00. The fraction of sp³-hybridized carbons (Fsp3) is 0. The third kappa shape index (κ3) is 1.39. The Hall–Kier alpha value is -2.04. The molecule has 2 aromatic rings. The summed E-state index contributed by atoms with van der Waals surface area (Å²) in [5.74, 6) is -0.151. The summed E-state index contributed by atoms with van der Waals surface area (Å²) >= 11 is 0. The van der Waals surface area contributed by atoms with Gasteiger partial charge in [0.05, 0.1) is 5.69 Å². The van der Waals surface area contributed by atoms with E-state index in [0.29, 0.717) is 5.69 Å². The molecule has 0 atom stereocenters. The number of rotatable bonds is 1. The number of nitrogens with zero attached hydrogens (tertiary/aromatic N) is 1. The van der Waals surface area contributed by atoms with Crippen molar-refractivity contribution in [1.82, 2.24) is 9.78 Å². The number of aromatic amines is 1. The van der Waals surface area contributed by atoms with Crippen molar-refractivity contribution >= 4 is 5.82 Å². The molecule has 0 fully saturated rings. The Labute approximate surface area is 78.8 Å². The maximum atomic E-state index is 12.8. The van der Waals surface area contributed by atoms with E-state index in [1.807, 2.05) is 0 Å². The molecule has 0 spiro atoms. The molecule has 14 heavy (non-hydrogen) atoms. The van der Waals surface area contributed by atoms with E-state index in [0.717, 1.165) is 0 Å². The lowest BCUT2D eigenvalue weighted by Gasteiger charge is -2.00. The van der Waals surface area contributed by atoms with E-state index in [4.69, 9.17) is 5.73 Å². The topological polar surface area (TPSA) is 63.8 Å². The Morgan fingerprint density at radius 2 is 2.14 bits per heavy atom. The van der Waals surface area contributed by atoms with Crippen LogP contribution in [0.5, 0.6) is 0 Å². The van der Waals surface area contributed by atoms with Crippen molar-refractivity contribution in [1.29, 1.82) is 0 Å². The molecule has 3 N–H and O–H groups in total. The van der Waals surface area contributed by atoms with Gasteiger partial charge in [-0.25, -0.2) is 9.07 Å². The van der Waals surface area contributed by atoms with Crippen LogP contribution in [-0.4, -0.2) is 9.78 Å². The fourth-order valence-electron chi connectivity index (χ4n) is 1.22. The standard InChI is InChI=1S/C9H8FN3O/c10-6-2-1-3-7(4-6)13-9(14)5-8(11)12-13/h1-5,12H,11H2. The van der Waals surface area contributed by atoms with Gasteiger partial charge in [-0.05, 0) is 18.2 Å². The Morgan fingerprint density at radius 1 is 1.36 bits per heavy atom. The number of nitrogens with two attached hydrogens (primary N) is 1. The molecule has 0 aliphatic carbocycles. The summed E-state index contributed by atoms with van der Waals surface area (Å²) in [6, 6.07) is 6.93. The van der Waals surface area contributed by atoms with Crippen molar-refractivity contribution in [3.05, 3.63) is 46.5 Å². The molecule has 0 saturated heterocycles. The third-order valence-electron chi connectivity index (χ3n) is 1.81. The van der Waals surface area contributed by atoms with E-state index in [9.17, 15) is 9.18 Å². The van der Waals surface area contributed by atoms with Crippen molar-refractivity contribution in [2.45, 2.75) is 0 Å². The summed E-state index contributed by atoms with van der Waals surface area (Å²) in [7, 11) is 0. The zero-order chi connectivity index (χ0) is 10.1. The number of hydrogen-bond donors (Lipinski definition) is 2. The average molecular weight is 193 g/mol. The summed E-state index contributed by atoms with van der Waals surface area (Å²) < 4.78 is 14.0. The van der Waals surface area contributed by atoms with E-state index in [1.54, 1.807) is 6.07 Å². The molecule has 1 aromatic heterocycles. The highest BCUT2D eigenvalue weighted by atomic mass is 19.1. The van der Waals surface area contributed by atoms with Crippen LogP contribution in [0.1, 0.15) is 0 Å². The molecule has 0 bridgehead atoms. The second-order valence-electron chi connectivity index (χ2n) is 2.87. The predicted molar refractivity (Wildman–Crippen MR) is 50.8 cm³/mol. The fourth-order valence-corrected chi connectivity index (χ4v) is 1.22. The summed E-state index contributed by atoms with van der Waals surface area (Å²) in [4.78, 5) is 11.3. The average Bonchev–Trinajstić information content (AvgIpc) is 2.45. The summed E-state index contributed by atoms with van der Waals surface area (Å²) in [5, 5.41) is 2.60. The van der Waals surface area contributed by atoms with Gasteiger partial charge in [-0.2, -0.15) is 0 Å². The van der Waals surface area contributed by atoms with E-state index in [1.165, 1.54) is 28.9 Å². The number of H-pyrrole nitrogens is 1. The van der Waals surface area contributed by atoms with Crippen LogP contribution in [0, 0.1) is 5.82 Å². The van der Waals surface area contributed by atoms with Crippen LogP contribution < -0.4 is 11.3 Å². The van der Waals surface area contributed by atoms with Crippen LogP contribution in [0.15, 0.2) is 35.1 Å². The molecule has 0 amide bonds. The molecule has 4 nitrogen and oxygen atoms in total. The van der Waals surface area contributed by atoms with E-state index < -0.39 is 5.82 Å². The first-order chi connectivity index (χ1) is 6.66. The highest BCUT2D eigenvalue weighted by molar-refractivity contribution is 5.34. The second kappa shape index (κ2) is 3.02. The molecule has 0 aliphatic rings. The smallest absolute Gasteiger partial charge is 0.273 e. The van der Waals surface area contributed by atoms with E-state index in [2.05, 4.69) is 5.10 Å². The van der Waals surface area contributed by atoms with Crippen LogP contribution in [0.25, 0.3) is 5.69 Å². The van der Waals surface area contributed by atoms with Crippen molar-refractivity contribution in [3.63, 3.8) is 0 Å². The van der Waals surface area contributed by atoms with E-state index in [-0.39, 0.29) is 11.4 Å². The van der Waals surface area contributed by atoms with Crippen LogP contribution in [0.2, 0.25) is 0 Å². The number of anilines is 1. The van der Waals surface area contributed by atoms with Gasteiger partial charge in [0.25, 0.3) is 5.56 Å². The lowest BCUT2D eigenvalue weighted by Crippen LogP contribution is -2.13. The molecule has 0 radical (unpaired) electrons. The molecule has 0 saturated carbocycles. The van der Waals surface area contributed by atoms with Gasteiger partial charge in [-0.1, -0.05) is 6.07 Å². The first-order valence-electron chi connectivity index (χ1n) is 4.00. The van der Waals surface area contributed by atoms with Crippen LogP contribution in [0.3, 0.4) is 0 Å². The van der Waals surface area contributed by atoms with Gasteiger partial charge in [0.1, 0.15) is 11.6 Å². The molecular formula is C9H8FN3O. The maximum absolute atomic E-state index is 12.8. The highest BCUT2D eigenvalue weighted by Gasteiger charge is 2.02. The zero-order valence-corrected chi connectivity index (χ0v) is 7.20. The number of nitrogens with one attached hydrogen (secondary N) is 1. The number of halogens is 1. The van der Waals surface area contributed by atoms with Crippen LogP contribution >= 0.6 is 0 Å². The molecule has 5 heteroatoms. The third-order valence-corrected chi connectivity index (χ3v) is 1.81. The van der Waals surface area contributed by atoms with Crippen LogP contribution in [-0.2, 0) is 0 Å². The molecule has 72 valence electrons. The van der Waals surface area contributed by atoms with Gasteiger partial charge in [0.2, 0.25) is 0 Å². The lowest BCUT2D eigenvalue weighted by molar-refractivity contribution is 0.625. The SMILES string of the molecule is Nc1cc(=O)n(-c2cccc(F)c2)[nH]1. The largest absolute Gasteiger partial charge is 0.384 e. The van der Waals surface area contributed by atoms with Crippen molar-refractivity contribution < 1.29 is 4.39 Å². The first kappa shape index (κ1) is 8.55. The quantitative estimate of drug-likeness (QED) is 0.706. The maximum Gasteiger partial charge on any atom is 0.273 e. The number of aromatic nitrogens is 2. The van der Waals surface area contributed by atoms with E-state index >= 15 is 0 Å². The number of benzene rings is 1. The molecular weight excluding hydrogens is 185 g/mol. The Balaban J connectivity index is 2.60. The predicted octanol–water partition coefficient (Wildman–Crippen LogP) is 0.887. The minimum absolute atomic E-state index is 0.249. The van der Waals surface area contributed by atoms with Gasteiger partial charge in [0.15, 0.2) is 0 Å². The Morgan fingerprint density at radius 3 is 2.71 bits per heavy atom. The highest BCUT2D eigenvalue weighted by Crippen LogP contribution is 2.06. The molecule has 1 aromatic carbocycles. The van der Waals surface area contributed by atoms with Gasteiger partial charge in [-0.3, -0.25) is 9.89 Å². The second-order valence-corrected chi connectivity index (χ2v) is 2.87. The van der Waals surface area contributed by atoms with Crippen molar-refractivity contribution in [2.24, 2.45) is 0 Å². The van der Waals surface area contributed by atoms with Crippen molar-refractivity contribution in [2.75, 3.05) is 5.73 Å². The number of hydrogen-bond acceptors (Lipinski definition) is 2. The van der Waals surface area contributed by atoms with Gasteiger partial charge in [0, 0.05) is 6.07 Å². The zero-order valence-electron chi connectivity index (χ0n) is 7.20. The monoisotopic (exact) mass is 193 g/mol. The molecule has 2 rings (SSSR count). The summed E-state index contributed by atoms with van der Waals surface area (Å²) in [5.41, 5.74) is 5.50. The minimum atomic E-state index is -0.400. The Bertz CT molecular complexity index is 515. The molecule has 0 aliphatic heterocycles. The van der Waals surface area contributed by atoms with Gasteiger partial charge in [-0.15, -0.1) is 0 Å². The van der Waals surface area contributed by atoms with Gasteiger partial charge >= 0.3 is 0 Å². The molecule has 0 unspecified atom stereocenters. The molecule has 1 heterocycles. The number of nitrogen functional groups attached to an aromatic ring is 1. The van der Waals surface area contributed by atoms with Crippen LogP contribution in [0.4, 0.5) is 10.2 Å². The van der Waals surface area contributed by atoms with Gasteiger partial charge < -0.3 is 5.73 Å². The Kier molecular flexibility index (Phi) is 1.85. The van der Waals surface area contributed by atoms with Crippen molar-refractivity contribution in [3.8, 4) is 5.69 Å².